The fourth-order valence-electron chi connectivity index (χ4n) is 2.02. The lowest BCUT2D eigenvalue weighted by atomic mass is 9.86. The molecular weight excluding hydrogens is 290 g/mol. The second-order valence-corrected chi connectivity index (χ2v) is 5.69. The average Bonchev–Trinajstić information content (AvgIpc) is 2.29. The summed E-state index contributed by atoms with van der Waals surface area (Å²) < 4.78 is 1.04. The van der Waals surface area contributed by atoms with Gasteiger partial charge in [0.25, 0.3) is 0 Å². The highest BCUT2D eigenvalue weighted by molar-refractivity contribution is 9.10. The topological polar surface area (TPSA) is 46.2 Å². The summed E-state index contributed by atoms with van der Waals surface area (Å²) in [5, 5.41) is 9.47. The van der Waals surface area contributed by atoms with Crippen molar-refractivity contribution >= 4 is 15.9 Å². The van der Waals surface area contributed by atoms with E-state index in [2.05, 4.69) is 15.9 Å². The van der Waals surface area contributed by atoms with Gasteiger partial charge in [0.15, 0.2) is 0 Å². The molecule has 18 heavy (non-hydrogen) atoms. The highest BCUT2D eigenvalue weighted by Crippen LogP contribution is 2.25. The van der Waals surface area contributed by atoms with Crippen molar-refractivity contribution in [3.8, 4) is 5.75 Å². The molecule has 0 aromatic heterocycles. The van der Waals surface area contributed by atoms with E-state index in [1.165, 1.54) is 0 Å². The molecule has 2 nitrogen and oxygen atoms in total. The first-order chi connectivity index (χ1) is 8.47. The van der Waals surface area contributed by atoms with Crippen LogP contribution >= 0.6 is 15.9 Å². The van der Waals surface area contributed by atoms with Crippen LogP contribution in [0, 0.1) is 0 Å². The number of benzene rings is 2. The van der Waals surface area contributed by atoms with E-state index in [4.69, 9.17) is 5.73 Å². The van der Waals surface area contributed by atoms with Crippen LogP contribution in [-0.4, -0.2) is 5.11 Å². The van der Waals surface area contributed by atoms with Crippen LogP contribution in [0.25, 0.3) is 0 Å². The summed E-state index contributed by atoms with van der Waals surface area (Å²) in [7, 11) is 0. The van der Waals surface area contributed by atoms with Crippen LogP contribution < -0.4 is 5.73 Å². The van der Waals surface area contributed by atoms with E-state index in [1.807, 2.05) is 43.3 Å². The molecule has 1 unspecified atom stereocenters. The lowest BCUT2D eigenvalue weighted by molar-refractivity contribution is 0.468. The maximum absolute atomic E-state index is 9.47. The smallest absolute Gasteiger partial charge is 0.115 e. The number of phenols is 1. The second-order valence-electron chi connectivity index (χ2n) is 4.77. The fraction of sp³-hybridized carbons (Fsp3) is 0.200. The van der Waals surface area contributed by atoms with Crippen LogP contribution in [0.4, 0.5) is 0 Å². The van der Waals surface area contributed by atoms with E-state index in [0.29, 0.717) is 6.42 Å². The van der Waals surface area contributed by atoms with Crippen molar-refractivity contribution in [1.29, 1.82) is 0 Å². The van der Waals surface area contributed by atoms with Gasteiger partial charge in [0.2, 0.25) is 0 Å². The fourth-order valence-corrected chi connectivity index (χ4v) is 2.29. The van der Waals surface area contributed by atoms with Gasteiger partial charge in [-0.3, -0.25) is 0 Å². The minimum absolute atomic E-state index is 0.277. The number of aromatic hydroxyl groups is 1. The normalized spacial score (nSPS) is 14.2. The van der Waals surface area contributed by atoms with Crippen LogP contribution in [0.5, 0.6) is 5.75 Å². The quantitative estimate of drug-likeness (QED) is 0.910. The molecule has 0 fully saturated rings. The first-order valence-electron chi connectivity index (χ1n) is 5.80. The molecule has 0 saturated heterocycles. The lowest BCUT2D eigenvalue weighted by Crippen LogP contribution is -2.35. The Hall–Kier alpha value is -1.32. The standard InChI is InChI=1S/C15H16BrNO/c1-15(17,12-5-7-13(16)8-6-12)10-11-3-2-4-14(18)9-11/h2-9,18H,10,17H2,1H3. The third-order valence-corrected chi connectivity index (χ3v) is 3.51. The van der Waals surface area contributed by atoms with Gasteiger partial charge >= 0.3 is 0 Å². The van der Waals surface area contributed by atoms with Gasteiger partial charge in [0.1, 0.15) is 5.75 Å². The van der Waals surface area contributed by atoms with Crippen molar-refractivity contribution in [2.24, 2.45) is 5.73 Å². The van der Waals surface area contributed by atoms with Gasteiger partial charge in [-0.15, -0.1) is 0 Å². The first kappa shape index (κ1) is 13.1. The van der Waals surface area contributed by atoms with Gasteiger partial charge in [-0.1, -0.05) is 40.2 Å². The number of rotatable bonds is 3. The average molecular weight is 306 g/mol. The zero-order chi connectivity index (χ0) is 13.2. The zero-order valence-electron chi connectivity index (χ0n) is 10.2. The van der Waals surface area contributed by atoms with Crippen LogP contribution in [0.1, 0.15) is 18.1 Å². The molecule has 0 bridgehead atoms. The molecule has 1 atom stereocenters. The SMILES string of the molecule is CC(N)(Cc1cccc(O)c1)c1ccc(Br)cc1. The zero-order valence-corrected chi connectivity index (χ0v) is 11.8. The van der Waals surface area contributed by atoms with Gasteiger partial charge < -0.3 is 10.8 Å². The molecule has 0 heterocycles. The Morgan fingerprint density at radius 2 is 1.83 bits per heavy atom. The molecule has 0 spiro atoms. The number of phenolic OH excluding ortho intramolecular Hbond substituents is 1. The van der Waals surface area contributed by atoms with Crippen molar-refractivity contribution in [3.05, 3.63) is 64.1 Å². The maximum atomic E-state index is 9.47. The van der Waals surface area contributed by atoms with Crippen LogP contribution in [0.2, 0.25) is 0 Å². The third-order valence-electron chi connectivity index (χ3n) is 2.99. The summed E-state index contributed by atoms with van der Waals surface area (Å²) in [6, 6.07) is 15.2. The van der Waals surface area contributed by atoms with Crippen LogP contribution in [-0.2, 0) is 12.0 Å². The Morgan fingerprint density at radius 3 is 2.44 bits per heavy atom. The minimum Gasteiger partial charge on any atom is -0.508 e. The summed E-state index contributed by atoms with van der Waals surface area (Å²) >= 11 is 3.41. The van der Waals surface area contributed by atoms with E-state index in [0.717, 1.165) is 15.6 Å². The first-order valence-corrected chi connectivity index (χ1v) is 6.59. The second kappa shape index (κ2) is 5.12. The summed E-state index contributed by atoms with van der Waals surface area (Å²) in [6.07, 6.45) is 0.684. The summed E-state index contributed by atoms with van der Waals surface area (Å²) in [4.78, 5) is 0. The number of nitrogens with two attached hydrogens (primary N) is 1. The van der Waals surface area contributed by atoms with E-state index in [1.54, 1.807) is 12.1 Å². The lowest BCUT2D eigenvalue weighted by Gasteiger charge is -2.25. The molecule has 3 heteroatoms. The third kappa shape index (κ3) is 3.12. The number of hydrogen-bond donors (Lipinski definition) is 2. The molecule has 3 N–H and O–H groups in total. The van der Waals surface area contributed by atoms with Crippen LogP contribution in [0.15, 0.2) is 53.0 Å². The molecule has 0 aliphatic carbocycles. The molecule has 2 aromatic carbocycles. The molecule has 2 aromatic rings. The van der Waals surface area contributed by atoms with E-state index < -0.39 is 5.54 Å². The van der Waals surface area contributed by atoms with E-state index >= 15 is 0 Å². The highest BCUT2D eigenvalue weighted by Gasteiger charge is 2.21. The Morgan fingerprint density at radius 1 is 1.17 bits per heavy atom. The molecular formula is C15H16BrNO. The highest BCUT2D eigenvalue weighted by atomic mass is 79.9. The van der Waals surface area contributed by atoms with E-state index in [-0.39, 0.29) is 5.75 Å². The predicted octanol–water partition coefficient (Wildman–Crippen LogP) is 3.57. The van der Waals surface area contributed by atoms with Crippen molar-refractivity contribution in [3.63, 3.8) is 0 Å². The summed E-state index contributed by atoms with van der Waals surface area (Å²) in [6.45, 7) is 2.00. The van der Waals surface area contributed by atoms with Gasteiger partial charge in [0, 0.05) is 10.0 Å². The Balaban J connectivity index is 2.23. The molecule has 94 valence electrons. The molecule has 0 aliphatic rings. The van der Waals surface area contributed by atoms with Gasteiger partial charge in [-0.2, -0.15) is 0 Å². The van der Waals surface area contributed by atoms with Gasteiger partial charge in [-0.25, -0.2) is 0 Å². The maximum Gasteiger partial charge on any atom is 0.115 e. The van der Waals surface area contributed by atoms with Crippen molar-refractivity contribution < 1.29 is 5.11 Å². The molecule has 0 saturated carbocycles. The van der Waals surface area contributed by atoms with Crippen LogP contribution in [0.3, 0.4) is 0 Å². The summed E-state index contributed by atoms with van der Waals surface area (Å²) in [5.41, 5.74) is 8.03. The van der Waals surface area contributed by atoms with Gasteiger partial charge in [0.05, 0.1) is 0 Å². The number of halogens is 1. The minimum atomic E-state index is -0.450. The molecule has 0 radical (unpaired) electrons. The largest absolute Gasteiger partial charge is 0.508 e. The Kier molecular flexibility index (Phi) is 3.73. The summed E-state index contributed by atoms with van der Waals surface area (Å²) in [5.74, 6) is 0.277. The molecule has 0 aliphatic heterocycles. The van der Waals surface area contributed by atoms with E-state index in [9.17, 15) is 5.11 Å². The van der Waals surface area contributed by atoms with Crippen molar-refractivity contribution in [2.45, 2.75) is 18.9 Å². The monoisotopic (exact) mass is 305 g/mol. The van der Waals surface area contributed by atoms with Crippen molar-refractivity contribution in [2.75, 3.05) is 0 Å². The number of hydrogen-bond acceptors (Lipinski definition) is 2. The van der Waals surface area contributed by atoms with Crippen molar-refractivity contribution in [1.82, 2.24) is 0 Å². The molecule has 0 amide bonds. The predicted molar refractivity (Wildman–Crippen MR) is 77.5 cm³/mol. The van der Waals surface area contributed by atoms with Gasteiger partial charge in [-0.05, 0) is 48.7 Å². The molecule has 2 rings (SSSR count). The Bertz CT molecular complexity index is 534. The Labute approximate surface area is 116 Å².